The average Bonchev–Trinajstić information content (AvgIpc) is 2.59. The predicted molar refractivity (Wildman–Crippen MR) is 73.8 cm³/mol. The Hall–Kier alpha value is -1.49. The van der Waals surface area contributed by atoms with Gasteiger partial charge in [0.15, 0.2) is 0 Å². The second-order valence-corrected chi connectivity index (χ2v) is 4.88. The summed E-state index contributed by atoms with van der Waals surface area (Å²) in [6.45, 7) is 2.78. The molecule has 0 spiro atoms. The molecule has 4 nitrogen and oxygen atoms in total. The second kappa shape index (κ2) is 4.79. The van der Waals surface area contributed by atoms with Crippen molar-refractivity contribution >= 4 is 27.3 Å². The van der Waals surface area contributed by atoms with E-state index in [1.54, 1.807) is 0 Å². The summed E-state index contributed by atoms with van der Waals surface area (Å²) >= 11 is 3.39. The molecule has 0 unspecified atom stereocenters. The number of halogens is 1. The number of aromatic nitrogens is 2. The molecule has 0 saturated heterocycles. The minimum Gasteiger partial charge on any atom is -0.397 e. The number of nitrogens with one attached hydrogen (secondary N) is 1. The van der Waals surface area contributed by atoms with E-state index >= 15 is 0 Å². The molecule has 0 aliphatic heterocycles. The minimum atomic E-state index is 0.728. The molecule has 0 aliphatic rings. The molecular formula is C12H15BrN4. The van der Waals surface area contributed by atoms with Gasteiger partial charge in [-0.05, 0) is 25.1 Å². The van der Waals surface area contributed by atoms with Gasteiger partial charge in [-0.1, -0.05) is 15.9 Å². The van der Waals surface area contributed by atoms with Gasteiger partial charge in [-0.25, -0.2) is 0 Å². The van der Waals surface area contributed by atoms with Crippen LogP contribution in [0.2, 0.25) is 0 Å². The molecule has 0 fully saturated rings. The molecule has 1 heterocycles. The van der Waals surface area contributed by atoms with Crippen LogP contribution in [0.4, 0.5) is 11.4 Å². The lowest BCUT2D eigenvalue weighted by molar-refractivity contribution is 0.738. The van der Waals surface area contributed by atoms with Gasteiger partial charge in [0.25, 0.3) is 0 Å². The van der Waals surface area contributed by atoms with Gasteiger partial charge in [-0.3, -0.25) is 4.68 Å². The number of nitrogens with two attached hydrogens (primary N) is 1. The van der Waals surface area contributed by atoms with Crippen molar-refractivity contribution in [3.05, 3.63) is 40.1 Å². The van der Waals surface area contributed by atoms with E-state index in [4.69, 9.17) is 5.73 Å². The first-order chi connectivity index (χ1) is 8.08. The third-order valence-corrected chi connectivity index (χ3v) is 3.31. The fraction of sp³-hybridized carbons (Fsp3) is 0.250. The van der Waals surface area contributed by atoms with Crippen molar-refractivity contribution in [1.29, 1.82) is 0 Å². The molecule has 17 heavy (non-hydrogen) atoms. The van der Waals surface area contributed by atoms with Crippen LogP contribution in [0.3, 0.4) is 0 Å². The van der Waals surface area contributed by atoms with Gasteiger partial charge in [-0.15, -0.1) is 0 Å². The van der Waals surface area contributed by atoms with E-state index in [9.17, 15) is 0 Å². The van der Waals surface area contributed by atoms with Gasteiger partial charge < -0.3 is 11.1 Å². The van der Waals surface area contributed by atoms with Crippen molar-refractivity contribution in [3.63, 3.8) is 0 Å². The lowest BCUT2D eigenvalue weighted by atomic mass is 10.2. The lowest BCUT2D eigenvalue weighted by Crippen LogP contribution is -2.03. The van der Waals surface area contributed by atoms with Crippen molar-refractivity contribution in [2.24, 2.45) is 7.05 Å². The van der Waals surface area contributed by atoms with Gasteiger partial charge in [0.2, 0.25) is 0 Å². The number of benzene rings is 1. The summed E-state index contributed by atoms with van der Waals surface area (Å²) < 4.78 is 2.85. The first-order valence-electron chi connectivity index (χ1n) is 5.34. The van der Waals surface area contributed by atoms with Crippen LogP contribution in [0, 0.1) is 6.92 Å². The summed E-state index contributed by atoms with van der Waals surface area (Å²) in [7, 11) is 1.94. The Morgan fingerprint density at radius 3 is 2.82 bits per heavy atom. The number of hydrogen-bond acceptors (Lipinski definition) is 3. The van der Waals surface area contributed by atoms with E-state index in [1.807, 2.05) is 36.1 Å². The van der Waals surface area contributed by atoms with E-state index in [0.29, 0.717) is 0 Å². The normalized spacial score (nSPS) is 10.5. The summed E-state index contributed by atoms with van der Waals surface area (Å²) in [6.07, 6.45) is 1.87. The van der Waals surface area contributed by atoms with Crippen LogP contribution in [-0.2, 0) is 13.6 Å². The molecule has 0 radical (unpaired) electrons. The van der Waals surface area contributed by atoms with Crippen molar-refractivity contribution in [2.45, 2.75) is 13.5 Å². The minimum absolute atomic E-state index is 0.728. The van der Waals surface area contributed by atoms with E-state index in [1.165, 1.54) is 5.56 Å². The standard InChI is InChI=1S/C12H15BrN4/c1-8-9(7-16-17(8)2)6-15-12-4-3-10(13)5-11(12)14/h3-5,7,15H,6,14H2,1-2H3. The Labute approximate surface area is 109 Å². The Bertz CT molecular complexity index is 533. The van der Waals surface area contributed by atoms with Gasteiger partial charge in [0.1, 0.15) is 0 Å². The van der Waals surface area contributed by atoms with Crippen LogP contribution in [0.15, 0.2) is 28.9 Å². The zero-order chi connectivity index (χ0) is 12.4. The number of hydrogen-bond donors (Lipinski definition) is 2. The van der Waals surface area contributed by atoms with Crippen molar-refractivity contribution in [2.75, 3.05) is 11.1 Å². The van der Waals surface area contributed by atoms with Crippen LogP contribution < -0.4 is 11.1 Å². The highest BCUT2D eigenvalue weighted by atomic mass is 79.9. The summed E-state index contributed by atoms with van der Waals surface area (Å²) in [4.78, 5) is 0. The lowest BCUT2D eigenvalue weighted by Gasteiger charge is -2.09. The molecule has 1 aromatic heterocycles. The molecule has 0 aliphatic carbocycles. The average molecular weight is 295 g/mol. The molecule has 90 valence electrons. The number of rotatable bonds is 3. The first-order valence-corrected chi connectivity index (χ1v) is 6.13. The quantitative estimate of drug-likeness (QED) is 0.856. The van der Waals surface area contributed by atoms with Crippen LogP contribution in [0.1, 0.15) is 11.3 Å². The fourth-order valence-electron chi connectivity index (χ4n) is 1.60. The van der Waals surface area contributed by atoms with Crippen molar-refractivity contribution in [1.82, 2.24) is 9.78 Å². The van der Waals surface area contributed by atoms with Crippen molar-refractivity contribution < 1.29 is 0 Å². The molecule has 0 bridgehead atoms. The maximum absolute atomic E-state index is 5.92. The van der Waals surface area contributed by atoms with Crippen LogP contribution in [0.5, 0.6) is 0 Å². The Morgan fingerprint density at radius 2 is 2.24 bits per heavy atom. The third-order valence-electron chi connectivity index (χ3n) is 2.82. The van der Waals surface area contributed by atoms with Crippen LogP contribution in [-0.4, -0.2) is 9.78 Å². The third kappa shape index (κ3) is 2.61. The molecule has 2 rings (SSSR count). The molecular weight excluding hydrogens is 280 g/mol. The summed E-state index contributed by atoms with van der Waals surface area (Å²) in [5.74, 6) is 0. The molecule has 0 atom stereocenters. The van der Waals surface area contributed by atoms with Gasteiger partial charge >= 0.3 is 0 Å². The smallest absolute Gasteiger partial charge is 0.0577 e. The fourth-order valence-corrected chi connectivity index (χ4v) is 1.98. The largest absolute Gasteiger partial charge is 0.397 e. The number of aryl methyl sites for hydroxylation is 1. The van der Waals surface area contributed by atoms with E-state index in [0.717, 1.165) is 28.1 Å². The number of nitrogens with zero attached hydrogens (tertiary/aromatic N) is 2. The predicted octanol–water partition coefficient (Wildman–Crippen LogP) is 2.69. The number of nitrogen functional groups attached to an aromatic ring is 1. The maximum Gasteiger partial charge on any atom is 0.0577 e. The van der Waals surface area contributed by atoms with Gasteiger partial charge in [-0.2, -0.15) is 5.10 Å². The highest BCUT2D eigenvalue weighted by Gasteiger charge is 2.04. The monoisotopic (exact) mass is 294 g/mol. The maximum atomic E-state index is 5.92. The number of anilines is 2. The topological polar surface area (TPSA) is 55.9 Å². The summed E-state index contributed by atoms with van der Waals surface area (Å²) in [5.41, 5.74) is 9.93. The zero-order valence-electron chi connectivity index (χ0n) is 9.87. The molecule has 3 N–H and O–H groups in total. The second-order valence-electron chi connectivity index (χ2n) is 3.96. The van der Waals surface area contributed by atoms with Crippen molar-refractivity contribution in [3.8, 4) is 0 Å². The Kier molecular flexibility index (Phi) is 3.38. The first kappa shape index (κ1) is 12.0. The molecule has 5 heteroatoms. The Morgan fingerprint density at radius 1 is 1.47 bits per heavy atom. The summed E-state index contributed by atoms with van der Waals surface area (Å²) in [5, 5.41) is 7.51. The van der Waals surface area contributed by atoms with Crippen LogP contribution >= 0.6 is 15.9 Å². The molecule has 1 aromatic carbocycles. The highest BCUT2D eigenvalue weighted by molar-refractivity contribution is 9.10. The molecule has 2 aromatic rings. The van der Waals surface area contributed by atoms with E-state index in [-0.39, 0.29) is 0 Å². The Balaban J connectivity index is 2.10. The summed E-state index contributed by atoms with van der Waals surface area (Å²) in [6, 6.07) is 5.82. The van der Waals surface area contributed by atoms with Gasteiger partial charge in [0.05, 0.1) is 17.6 Å². The van der Waals surface area contributed by atoms with Gasteiger partial charge in [0, 0.05) is 29.3 Å². The molecule has 0 amide bonds. The van der Waals surface area contributed by atoms with E-state index in [2.05, 4.69) is 33.3 Å². The van der Waals surface area contributed by atoms with E-state index < -0.39 is 0 Å². The molecule has 0 saturated carbocycles. The zero-order valence-corrected chi connectivity index (χ0v) is 11.5. The SMILES string of the molecule is Cc1c(CNc2ccc(Br)cc2N)cnn1C. The van der Waals surface area contributed by atoms with Crippen LogP contribution in [0.25, 0.3) is 0 Å². The highest BCUT2D eigenvalue weighted by Crippen LogP contribution is 2.23.